The summed E-state index contributed by atoms with van der Waals surface area (Å²) in [5, 5.41) is 1.89. The predicted octanol–water partition coefficient (Wildman–Crippen LogP) is 5.77. The summed E-state index contributed by atoms with van der Waals surface area (Å²) in [4.78, 5) is -0.0484. The van der Waals surface area contributed by atoms with Gasteiger partial charge >= 0.3 is 10.1 Å². The van der Waals surface area contributed by atoms with E-state index in [0.717, 1.165) is 73.3 Å². The van der Waals surface area contributed by atoms with Gasteiger partial charge in [0.25, 0.3) is 0 Å². The highest BCUT2D eigenvalue weighted by molar-refractivity contribution is 7.87. The van der Waals surface area contributed by atoms with Crippen LogP contribution >= 0.6 is 0 Å². The molecule has 8 nitrogen and oxygen atoms in total. The van der Waals surface area contributed by atoms with E-state index >= 15 is 0 Å². The highest BCUT2D eigenvalue weighted by atomic mass is 32.2. The van der Waals surface area contributed by atoms with E-state index in [2.05, 4.69) is 0 Å². The van der Waals surface area contributed by atoms with Crippen LogP contribution in [0.3, 0.4) is 0 Å². The number of benzene rings is 3. The van der Waals surface area contributed by atoms with Gasteiger partial charge in [-0.3, -0.25) is 0 Å². The first-order chi connectivity index (χ1) is 20.6. The van der Waals surface area contributed by atoms with Crippen molar-refractivity contribution in [3.8, 4) is 5.75 Å². The first-order valence-corrected chi connectivity index (χ1v) is 18.3. The highest BCUT2D eigenvalue weighted by Gasteiger charge is 2.48. The van der Waals surface area contributed by atoms with Gasteiger partial charge in [0.05, 0.1) is 29.3 Å². The minimum atomic E-state index is -4.73. The Morgan fingerprint density at radius 1 is 0.837 bits per heavy atom. The summed E-state index contributed by atoms with van der Waals surface area (Å²) < 4.78 is 84.9. The van der Waals surface area contributed by atoms with Gasteiger partial charge in [-0.2, -0.15) is 8.42 Å². The average molecular weight is 624 g/mol. The Morgan fingerprint density at radius 2 is 1.49 bits per heavy atom. The van der Waals surface area contributed by atoms with E-state index in [-0.39, 0.29) is 51.8 Å². The molecule has 0 N–H and O–H groups in total. The predicted molar refractivity (Wildman–Crippen MR) is 158 cm³/mol. The zero-order chi connectivity index (χ0) is 29.7. The topological polar surface area (TPSA) is 119 Å². The molecular formula is C33H35O8S2-. The van der Waals surface area contributed by atoms with Crippen LogP contribution in [-0.4, -0.2) is 45.8 Å². The summed E-state index contributed by atoms with van der Waals surface area (Å²) in [6.07, 6.45) is 7.75. The summed E-state index contributed by atoms with van der Waals surface area (Å²) in [6.45, 7) is 1.62. The summed E-state index contributed by atoms with van der Waals surface area (Å²) in [7, 11) is -9.15. The normalized spacial score (nSPS) is 29.8. The molecule has 1 aliphatic carbocycles. The second kappa shape index (κ2) is 10.0. The minimum Gasteiger partial charge on any atom is -0.744 e. The maximum Gasteiger partial charge on any atom is 0.339 e. The number of ether oxygens (including phenoxy) is 2. The smallest absolute Gasteiger partial charge is 0.339 e. The van der Waals surface area contributed by atoms with Crippen LogP contribution in [0.5, 0.6) is 5.75 Å². The van der Waals surface area contributed by atoms with Crippen molar-refractivity contribution >= 4 is 31.0 Å². The largest absolute Gasteiger partial charge is 0.744 e. The van der Waals surface area contributed by atoms with Gasteiger partial charge in [-0.1, -0.05) is 24.3 Å². The molecule has 228 valence electrons. The Kier molecular flexibility index (Phi) is 6.52. The first-order valence-electron chi connectivity index (χ1n) is 15.5. The van der Waals surface area contributed by atoms with Crippen molar-refractivity contribution < 1.29 is 35.0 Å². The molecule has 6 unspecified atom stereocenters. The van der Waals surface area contributed by atoms with E-state index in [1.54, 1.807) is 6.92 Å². The Balaban J connectivity index is 1.35. The van der Waals surface area contributed by atoms with Crippen LogP contribution in [0.2, 0.25) is 0 Å². The third kappa shape index (κ3) is 4.55. The molecule has 4 aliphatic heterocycles. The van der Waals surface area contributed by atoms with Crippen LogP contribution in [0.4, 0.5) is 0 Å². The summed E-state index contributed by atoms with van der Waals surface area (Å²) >= 11 is 0. The third-order valence-corrected chi connectivity index (χ3v) is 12.8. The van der Waals surface area contributed by atoms with Crippen LogP contribution in [0.15, 0.2) is 46.2 Å². The van der Waals surface area contributed by atoms with Gasteiger partial charge in [0.1, 0.15) is 20.8 Å². The standard InChI is InChI=1S/C33H36O8S2/c1-18-14-30(42(34,35)36)23-8-4-5-9-24(23)32(18)41-43(37,38)33-26(25-16-20-10-12-28(25)39-20)15-19-6-2-3-7-22(19)31(33)27-17-21-11-13-29(27)40-21/h2-3,6-7,14-15,20-21,25,27-29H,4-5,8-13,16-17H2,1H3,(H,34,35,36)/p-1. The molecule has 4 heterocycles. The maximum absolute atomic E-state index is 14.8. The molecule has 4 saturated heterocycles. The second-order valence-corrected chi connectivity index (χ2v) is 15.9. The number of fused-ring (bicyclic) bond motifs is 6. The molecule has 6 atom stereocenters. The van der Waals surface area contributed by atoms with E-state index in [0.29, 0.717) is 29.5 Å². The SMILES string of the molecule is Cc1cc(S(=O)(=O)[O-])c2c(c1OS(=O)(=O)c1c(C3CC4CCC3O4)cc3ccccc3c1C1CC3CCC1O3)CCCC2. The third-order valence-electron chi connectivity index (χ3n) is 10.5. The van der Waals surface area contributed by atoms with Gasteiger partial charge in [0.2, 0.25) is 0 Å². The maximum atomic E-state index is 14.8. The lowest BCUT2D eigenvalue weighted by Crippen LogP contribution is -2.25. The van der Waals surface area contributed by atoms with Gasteiger partial charge in [0.15, 0.2) is 0 Å². The van der Waals surface area contributed by atoms with E-state index in [9.17, 15) is 21.4 Å². The fourth-order valence-electron chi connectivity index (χ4n) is 8.71. The summed E-state index contributed by atoms with van der Waals surface area (Å²) in [5.41, 5.74) is 2.75. The molecule has 8 rings (SSSR count). The lowest BCUT2D eigenvalue weighted by atomic mass is 9.77. The van der Waals surface area contributed by atoms with Crippen LogP contribution < -0.4 is 4.18 Å². The van der Waals surface area contributed by atoms with Crippen molar-refractivity contribution in [1.82, 2.24) is 0 Å². The van der Waals surface area contributed by atoms with Crippen molar-refractivity contribution in [1.29, 1.82) is 0 Å². The highest BCUT2D eigenvalue weighted by Crippen LogP contribution is 2.53. The molecule has 4 fully saturated rings. The van der Waals surface area contributed by atoms with Gasteiger partial charge in [-0.05, 0) is 116 Å². The Morgan fingerprint density at radius 3 is 2.12 bits per heavy atom. The molecule has 0 radical (unpaired) electrons. The number of hydrogen-bond donors (Lipinski definition) is 0. The molecule has 4 bridgehead atoms. The molecule has 0 saturated carbocycles. The molecule has 3 aromatic rings. The first kappa shape index (κ1) is 28.0. The lowest BCUT2D eigenvalue weighted by molar-refractivity contribution is 0.0999. The van der Waals surface area contributed by atoms with Crippen LogP contribution in [0, 0.1) is 6.92 Å². The van der Waals surface area contributed by atoms with Crippen molar-refractivity contribution in [3.05, 3.63) is 64.2 Å². The summed E-state index contributed by atoms with van der Waals surface area (Å²) in [5.74, 6) is -0.00185. The van der Waals surface area contributed by atoms with Crippen molar-refractivity contribution in [2.24, 2.45) is 0 Å². The molecule has 0 aromatic heterocycles. The number of rotatable bonds is 6. The van der Waals surface area contributed by atoms with E-state index in [4.69, 9.17) is 13.7 Å². The molecule has 0 amide bonds. The molecule has 0 spiro atoms. The Hall–Kier alpha value is -2.50. The molecule has 10 heteroatoms. The van der Waals surface area contributed by atoms with E-state index in [1.165, 1.54) is 6.07 Å². The van der Waals surface area contributed by atoms with E-state index < -0.39 is 20.2 Å². The molecule has 3 aromatic carbocycles. The Bertz CT molecular complexity index is 1870. The fraction of sp³-hybridized carbons (Fsp3) is 0.515. The fourth-order valence-corrected chi connectivity index (χ4v) is 11.1. The van der Waals surface area contributed by atoms with Crippen LogP contribution in [0.25, 0.3) is 10.8 Å². The van der Waals surface area contributed by atoms with Crippen molar-refractivity contribution in [3.63, 3.8) is 0 Å². The monoisotopic (exact) mass is 623 g/mol. The summed E-state index contributed by atoms with van der Waals surface area (Å²) in [6, 6.07) is 11.3. The quantitative estimate of drug-likeness (QED) is 0.251. The molecule has 5 aliphatic rings. The van der Waals surface area contributed by atoms with Gasteiger partial charge in [0, 0.05) is 17.4 Å². The number of hydrogen-bond acceptors (Lipinski definition) is 8. The van der Waals surface area contributed by atoms with Crippen molar-refractivity contribution in [2.45, 2.75) is 117 Å². The average Bonchev–Trinajstić information content (AvgIpc) is 3.80. The number of aryl methyl sites for hydroxylation is 1. The lowest BCUT2D eigenvalue weighted by Gasteiger charge is -2.30. The second-order valence-electron chi connectivity index (χ2n) is 13.0. The van der Waals surface area contributed by atoms with Gasteiger partial charge < -0.3 is 18.2 Å². The molecule has 43 heavy (non-hydrogen) atoms. The Labute approximate surface area is 252 Å². The molecular weight excluding hydrogens is 588 g/mol. The van der Waals surface area contributed by atoms with Gasteiger partial charge in [-0.15, -0.1) is 0 Å². The van der Waals surface area contributed by atoms with Crippen LogP contribution in [-0.2, 0) is 42.6 Å². The van der Waals surface area contributed by atoms with Gasteiger partial charge in [-0.25, -0.2) is 8.42 Å². The zero-order valence-electron chi connectivity index (χ0n) is 24.1. The van der Waals surface area contributed by atoms with Crippen LogP contribution in [0.1, 0.15) is 91.0 Å². The van der Waals surface area contributed by atoms with E-state index in [1.807, 2.05) is 30.3 Å². The zero-order valence-corrected chi connectivity index (χ0v) is 25.7. The minimum absolute atomic E-state index is 0.0414. The van der Waals surface area contributed by atoms with Crippen molar-refractivity contribution in [2.75, 3.05) is 0 Å².